The van der Waals surface area contributed by atoms with Crippen LogP contribution in [0.2, 0.25) is 5.02 Å². The number of alkyl halides is 3. The number of carbonyl (C=O) groups is 1. The van der Waals surface area contributed by atoms with E-state index in [0.717, 1.165) is 6.07 Å². The first-order chi connectivity index (χ1) is 11.5. The van der Waals surface area contributed by atoms with E-state index in [1.165, 1.54) is 12.3 Å². The Balaban J connectivity index is 0.000000705. The van der Waals surface area contributed by atoms with Crippen LogP contribution >= 0.6 is 46.4 Å². The lowest BCUT2D eigenvalue weighted by molar-refractivity contribution is 0.0697. The van der Waals surface area contributed by atoms with Crippen LogP contribution in [0, 0.1) is 0 Å². The highest BCUT2D eigenvalue weighted by Gasteiger charge is 2.20. The number of primary sulfonamides is 1. The predicted octanol–water partition coefficient (Wildman–Crippen LogP) is 3.88. The Bertz CT molecular complexity index is 822. The zero-order valence-electron chi connectivity index (χ0n) is 12.2. The molecule has 0 unspecified atom stereocenters. The number of carboxylic acid groups (broad SMARTS) is 1. The van der Waals surface area contributed by atoms with Gasteiger partial charge in [0.05, 0.1) is 29.1 Å². The minimum absolute atomic E-state index is 0.163. The van der Waals surface area contributed by atoms with Gasteiger partial charge in [-0.05, 0) is 24.3 Å². The van der Waals surface area contributed by atoms with Crippen LogP contribution in [-0.4, -0.2) is 23.8 Å². The summed E-state index contributed by atoms with van der Waals surface area (Å²) in [6.45, 7) is 0.221. The van der Waals surface area contributed by atoms with Crippen molar-refractivity contribution in [3.05, 3.63) is 46.9 Å². The van der Waals surface area contributed by atoms with Gasteiger partial charge in [0.2, 0.25) is 10.0 Å². The molecule has 2 aromatic rings. The van der Waals surface area contributed by atoms with Crippen LogP contribution in [0.15, 0.2) is 39.8 Å². The molecule has 0 saturated heterocycles. The fraction of sp³-hybridized carbons (Fsp3) is 0.154. The molecule has 0 aliphatic rings. The number of benzene rings is 1. The summed E-state index contributed by atoms with van der Waals surface area (Å²) in [5.41, 5.74) is -0.0914. The van der Waals surface area contributed by atoms with E-state index in [1.807, 2.05) is 0 Å². The first-order valence-electron chi connectivity index (χ1n) is 6.30. The van der Waals surface area contributed by atoms with Gasteiger partial charge in [-0.3, -0.25) is 0 Å². The molecule has 0 bridgehead atoms. The van der Waals surface area contributed by atoms with Crippen LogP contribution in [0.25, 0.3) is 0 Å². The SMILES string of the molecule is ClC(Cl)Cl.NS(=O)(=O)c1cc(C(=O)O)c(NCc2ccco2)cc1Cl. The number of anilines is 1. The molecule has 12 heteroatoms. The number of nitrogens with two attached hydrogens (primary N) is 1. The van der Waals surface area contributed by atoms with E-state index in [-0.39, 0.29) is 22.8 Å². The summed E-state index contributed by atoms with van der Waals surface area (Å²) in [4.78, 5) is 10.8. The molecule has 0 atom stereocenters. The molecule has 1 aromatic carbocycles. The summed E-state index contributed by atoms with van der Waals surface area (Å²) in [6, 6.07) is 5.51. The molecule has 0 radical (unpaired) electrons. The van der Waals surface area contributed by atoms with Gasteiger partial charge in [-0.15, -0.1) is 0 Å². The average Bonchev–Trinajstić information content (AvgIpc) is 2.96. The van der Waals surface area contributed by atoms with Crippen molar-refractivity contribution < 1.29 is 22.7 Å². The van der Waals surface area contributed by atoms with Gasteiger partial charge in [-0.2, -0.15) is 0 Å². The van der Waals surface area contributed by atoms with E-state index >= 15 is 0 Å². The number of sulfonamides is 1. The second kappa shape index (κ2) is 9.51. The van der Waals surface area contributed by atoms with Crippen LogP contribution in [0.4, 0.5) is 5.69 Å². The number of nitrogens with one attached hydrogen (secondary N) is 1. The molecular weight excluding hydrogens is 438 g/mol. The monoisotopic (exact) mass is 448 g/mol. The van der Waals surface area contributed by atoms with Gasteiger partial charge >= 0.3 is 5.97 Å². The van der Waals surface area contributed by atoms with Crippen LogP contribution < -0.4 is 10.5 Å². The van der Waals surface area contributed by atoms with Gasteiger partial charge < -0.3 is 14.8 Å². The average molecular weight is 450 g/mol. The lowest BCUT2D eigenvalue weighted by Gasteiger charge is -2.11. The number of furan rings is 1. The van der Waals surface area contributed by atoms with Gasteiger partial charge in [0.25, 0.3) is 0 Å². The Morgan fingerprint density at radius 3 is 2.36 bits per heavy atom. The standard InChI is InChI=1S/C12H11ClN2O5S.CHCl3/c13-9-5-10(15-6-7-2-1-3-20-7)8(12(16)17)4-11(9)21(14,18)19;2-1(3)4/h1-5,15H,6H2,(H,16,17)(H2,14,18,19);1H. The highest BCUT2D eigenvalue weighted by molar-refractivity contribution is 7.89. The van der Waals surface area contributed by atoms with Crippen molar-refractivity contribution >= 4 is 68.1 Å². The van der Waals surface area contributed by atoms with Crippen molar-refractivity contribution in [2.45, 2.75) is 15.7 Å². The molecule has 7 nitrogen and oxygen atoms in total. The second-order valence-electron chi connectivity index (χ2n) is 4.36. The molecule has 138 valence electrons. The van der Waals surface area contributed by atoms with Gasteiger partial charge in [0.15, 0.2) is 4.30 Å². The number of aromatic carboxylic acids is 1. The predicted molar refractivity (Wildman–Crippen MR) is 97.2 cm³/mol. The Labute approximate surface area is 163 Å². The molecule has 1 aromatic heterocycles. The third kappa shape index (κ3) is 7.31. The van der Waals surface area contributed by atoms with Crippen molar-refractivity contribution in [2.24, 2.45) is 5.14 Å². The lowest BCUT2D eigenvalue weighted by atomic mass is 10.1. The zero-order chi connectivity index (χ0) is 19.2. The smallest absolute Gasteiger partial charge is 0.337 e. The Kier molecular flexibility index (Phi) is 8.33. The molecular formula is C13H12Cl4N2O5S. The van der Waals surface area contributed by atoms with Gasteiger partial charge in [0, 0.05) is 0 Å². The summed E-state index contributed by atoms with van der Waals surface area (Å²) >= 11 is 20.3. The van der Waals surface area contributed by atoms with Crippen LogP contribution in [-0.2, 0) is 16.6 Å². The van der Waals surface area contributed by atoms with Gasteiger partial charge in [-0.1, -0.05) is 46.4 Å². The van der Waals surface area contributed by atoms with E-state index in [0.29, 0.717) is 5.76 Å². The molecule has 4 N–H and O–H groups in total. The fourth-order valence-corrected chi connectivity index (χ4v) is 2.79. The molecule has 0 fully saturated rings. The number of hydrogen-bond donors (Lipinski definition) is 3. The second-order valence-corrected chi connectivity index (χ2v) is 8.28. The maximum atomic E-state index is 11.3. The third-order valence-corrected chi connectivity index (χ3v) is 4.02. The van der Waals surface area contributed by atoms with Crippen molar-refractivity contribution in [3.63, 3.8) is 0 Å². The van der Waals surface area contributed by atoms with E-state index < -0.39 is 25.2 Å². The maximum Gasteiger partial charge on any atom is 0.337 e. The molecule has 0 amide bonds. The summed E-state index contributed by atoms with van der Waals surface area (Å²) in [7, 11) is -4.11. The van der Waals surface area contributed by atoms with Crippen LogP contribution in [0.3, 0.4) is 0 Å². The van der Waals surface area contributed by atoms with Crippen molar-refractivity contribution in [2.75, 3.05) is 5.32 Å². The third-order valence-electron chi connectivity index (χ3n) is 2.64. The number of carboxylic acids is 1. The lowest BCUT2D eigenvalue weighted by Crippen LogP contribution is -2.15. The number of halogens is 4. The molecule has 1 heterocycles. The molecule has 0 saturated carbocycles. The summed E-state index contributed by atoms with van der Waals surface area (Å²) < 4.78 is 27.1. The zero-order valence-corrected chi connectivity index (χ0v) is 16.1. The Hall–Kier alpha value is -1.16. The normalized spacial score (nSPS) is 11.0. The summed E-state index contributed by atoms with van der Waals surface area (Å²) in [6.07, 6.45) is 1.48. The summed E-state index contributed by atoms with van der Waals surface area (Å²) in [5, 5.41) is 16.8. The van der Waals surface area contributed by atoms with Crippen LogP contribution in [0.5, 0.6) is 0 Å². The maximum absolute atomic E-state index is 11.3. The van der Waals surface area contributed by atoms with E-state index in [1.54, 1.807) is 12.1 Å². The quantitative estimate of drug-likeness (QED) is 0.595. The molecule has 25 heavy (non-hydrogen) atoms. The van der Waals surface area contributed by atoms with Gasteiger partial charge in [0.1, 0.15) is 10.7 Å². The highest BCUT2D eigenvalue weighted by atomic mass is 35.6. The van der Waals surface area contributed by atoms with Crippen molar-refractivity contribution in [1.82, 2.24) is 0 Å². The molecule has 0 spiro atoms. The van der Waals surface area contributed by atoms with Crippen molar-refractivity contribution in [1.29, 1.82) is 0 Å². The number of rotatable bonds is 5. The minimum Gasteiger partial charge on any atom is -0.478 e. The Morgan fingerprint density at radius 2 is 1.92 bits per heavy atom. The molecule has 0 aliphatic heterocycles. The Morgan fingerprint density at radius 1 is 1.32 bits per heavy atom. The largest absolute Gasteiger partial charge is 0.478 e. The first-order valence-corrected chi connectivity index (χ1v) is 9.54. The molecule has 2 rings (SSSR count). The number of hydrogen-bond acceptors (Lipinski definition) is 5. The van der Waals surface area contributed by atoms with E-state index in [2.05, 4.69) is 5.32 Å². The van der Waals surface area contributed by atoms with Crippen LogP contribution in [0.1, 0.15) is 16.1 Å². The minimum atomic E-state index is -4.11. The van der Waals surface area contributed by atoms with Crippen molar-refractivity contribution in [3.8, 4) is 0 Å². The summed E-state index contributed by atoms with van der Waals surface area (Å²) in [5.74, 6) is -0.725. The fourth-order valence-electron chi connectivity index (χ4n) is 1.69. The topological polar surface area (TPSA) is 123 Å². The molecule has 0 aliphatic carbocycles. The van der Waals surface area contributed by atoms with E-state index in [9.17, 15) is 13.2 Å². The van der Waals surface area contributed by atoms with Gasteiger partial charge in [-0.25, -0.2) is 18.4 Å². The first kappa shape index (κ1) is 21.9. The van der Waals surface area contributed by atoms with E-state index in [4.69, 9.17) is 61.1 Å². The highest BCUT2D eigenvalue weighted by Crippen LogP contribution is 2.28.